The standard InChI is InChI=1S/C15H16ClN3O2/c16-12-8-4-3-7-11(12)13-17-18-14(21-13)15(20)19-9-5-1-2-6-10-19/h3-4,7-8H,1-2,5-6,9-10H2. The van der Waals surface area contributed by atoms with Crippen molar-refractivity contribution in [2.24, 2.45) is 0 Å². The summed E-state index contributed by atoms with van der Waals surface area (Å²) < 4.78 is 5.51. The number of rotatable bonds is 2. The van der Waals surface area contributed by atoms with Gasteiger partial charge in [0.05, 0.1) is 10.6 Å². The fourth-order valence-electron chi connectivity index (χ4n) is 2.46. The number of carbonyl (C=O) groups excluding carboxylic acids is 1. The molecule has 0 radical (unpaired) electrons. The Morgan fingerprint density at radius 3 is 2.52 bits per heavy atom. The fourth-order valence-corrected chi connectivity index (χ4v) is 2.68. The molecule has 2 aromatic rings. The highest BCUT2D eigenvalue weighted by molar-refractivity contribution is 6.33. The molecule has 110 valence electrons. The highest BCUT2D eigenvalue weighted by atomic mass is 35.5. The first-order chi connectivity index (χ1) is 10.3. The number of benzene rings is 1. The Labute approximate surface area is 127 Å². The van der Waals surface area contributed by atoms with Gasteiger partial charge in [0, 0.05) is 13.1 Å². The van der Waals surface area contributed by atoms with E-state index >= 15 is 0 Å². The minimum atomic E-state index is -0.192. The van der Waals surface area contributed by atoms with Crippen LogP contribution in [0.3, 0.4) is 0 Å². The molecule has 1 saturated heterocycles. The minimum Gasteiger partial charge on any atom is -0.412 e. The summed E-state index contributed by atoms with van der Waals surface area (Å²) in [4.78, 5) is 14.2. The van der Waals surface area contributed by atoms with Gasteiger partial charge in [0.15, 0.2) is 0 Å². The normalized spacial score (nSPS) is 15.8. The largest absolute Gasteiger partial charge is 0.412 e. The number of amides is 1. The van der Waals surface area contributed by atoms with Gasteiger partial charge in [-0.3, -0.25) is 4.79 Å². The first kappa shape index (κ1) is 14.1. The van der Waals surface area contributed by atoms with E-state index in [0.29, 0.717) is 10.6 Å². The molecule has 0 unspecified atom stereocenters. The number of carbonyl (C=O) groups is 1. The van der Waals surface area contributed by atoms with Crippen LogP contribution < -0.4 is 0 Å². The van der Waals surface area contributed by atoms with Crippen LogP contribution in [-0.4, -0.2) is 34.1 Å². The summed E-state index contributed by atoms with van der Waals surface area (Å²) in [5, 5.41) is 8.33. The van der Waals surface area contributed by atoms with Crippen LogP contribution in [0.5, 0.6) is 0 Å². The van der Waals surface area contributed by atoms with Crippen LogP contribution >= 0.6 is 11.6 Å². The van der Waals surface area contributed by atoms with Gasteiger partial charge in [0.25, 0.3) is 0 Å². The lowest BCUT2D eigenvalue weighted by atomic mass is 10.2. The monoisotopic (exact) mass is 305 g/mol. The Hall–Kier alpha value is -1.88. The molecule has 1 aliphatic rings. The predicted molar refractivity (Wildman–Crippen MR) is 79.1 cm³/mol. The van der Waals surface area contributed by atoms with Crippen LogP contribution in [0.15, 0.2) is 28.7 Å². The summed E-state index contributed by atoms with van der Waals surface area (Å²) in [5.41, 5.74) is 0.640. The van der Waals surface area contributed by atoms with E-state index in [0.717, 1.165) is 25.9 Å². The maximum absolute atomic E-state index is 12.4. The van der Waals surface area contributed by atoms with Crippen LogP contribution in [0.2, 0.25) is 5.02 Å². The summed E-state index contributed by atoms with van der Waals surface area (Å²) in [7, 11) is 0. The first-order valence-corrected chi connectivity index (χ1v) is 7.51. The second-order valence-corrected chi connectivity index (χ2v) is 5.51. The third-order valence-electron chi connectivity index (χ3n) is 3.61. The van der Waals surface area contributed by atoms with Gasteiger partial charge < -0.3 is 9.32 Å². The number of aromatic nitrogens is 2. The zero-order valence-electron chi connectivity index (χ0n) is 11.6. The van der Waals surface area contributed by atoms with E-state index in [9.17, 15) is 4.79 Å². The lowest BCUT2D eigenvalue weighted by Gasteiger charge is -2.17. The Kier molecular flexibility index (Phi) is 4.20. The molecule has 1 fully saturated rings. The lowest BCUT2D eigenvalue weighted by Crippen LogP contribution is -2.32. The molecule has 0 aliphatic carbocycles. The molecule has 5 nitrogen and oxygen atoms in total. The molecule has 2 heterocycles. The van der Waals surface area contributed by atoms with Crippen LogP contribution in [-0.2, 0) is 0 Å². The van der Waals surface area contributed by atoms with E-state index in [1.165, 1.54) is 12.8 Å². The van der Waals surface area contributed by atoms with E-state index in [4.69, 9.17) is 16.0 Å². The van der Waals surface area contributed by atoms with Crippen LogP contribution in [0.1, 0.15) is 36.4 Å². The average molecular weight is 306 g/mol. The lowest BCUT2D eigenvalue weighted by molar-refractivity contribution is 0.0722. The van der Waals surface area contributed by atoms with E-state index in [-0.39, 0.29) is 17.7 Å². The molecule has 1 aromatic carbocycles. The van der Waals surface area contributed by atoms with Gasteiger partial charge in [-0.15, -0.1) is 10.2 Å². The highest BCUT2D eigenvalue weighted by Gasteiger charge is 2.23. The number of halogens is 1. The van der Waals surface area contributed by atoms with E-state index in [1.54, 1.807) is 17.0 Å². The van der Waals surface area contributed by atoms with Crippen LogP contribution in [0.4, 0.5) is 0 Å². The van der Waals surface area contributed by atoms with Gasteiger partial charge in [0.1, 0.15) is 0 Å². The van der Waals surface area contributed by atoms with Crippen LogP contribution in [0.25, 0.3) is 11.5 Å². The van der Waals surface area contributed by atoms with Gasteiger partial charge in [-0.25, -0.2) is 0 Å². The van der Waals surface area contributed by atoms with E-state index in [2.05, 4.69) is 10.2 Å². The number of likely N-dealkylation sites (tertiary alicyclic amines) is 1. The molecule has 0 spiro atoms. The summed E-state index contributed by atoms with van der Waals surface area (Å²) in [6.07, 6.45) is 4.38. The topological polar surface area (TPSA) is 59.2 Å². The second-order valence-electron chi connectivity index (χ2n) is 5.10. The van der Waals surface area contributed by atoms with Gasteiger partial charge in [0.2, 0.25) is 5.89 Å². The van der Waals surface area contributed by atoms with E-state index in [1.807, 2.05) is 12.1 Å². The summed E-state index contributed by atoms with van der Waals surface area (Å²) in [6.45, 7) is 1.51. The van der Waals surface area contributed by atoms with Gasteiger partial charge >= 0.3 is 11.8 Å². The van der Waals surface area contributed by atoms with Crippen molar-refractivity contribution in [1.29, 1.82) is 0 Å². The predicted octanol–water partition coefficient (Wildman–Crippen LogP) is 3.41. The van der Waals surface area contributed by atoms with Crippen molar-refractivity contribution in [2.45, 2.75) is 25.7 Å². The molecule has 1 aromatic heterocycles. The highest BCUT2D eigenvalue weighted by Crippen LogP contribution is 2.26. The molecular formula is C15H16ClN3O2. The van der Waals surface area contributed by atoms with Crippen molar-refractivity contribution in [1.82, 2.24) is 15.1 Å². The third-order valence-corrected chi connectivity index (χ3v) is 3.94. The first-order valence-electron chi connectivity index (χ1n) is 7.13. The maximum Gasteiger partial charge on any atom is 0.311 e. The molecule has 0 atom stereocenters. The smallest absolute Gasteiger partial charge is 0.311 e. The zero-order chi connectivity index (χ0) is 14.7. The molecule has 0 saturated carbocycles. The second kappa shape index (κ2) is 6.26. The molecule has 3 rings (SSSR count). The Morgan fingerprint density at radius 2 is 1.81 bits per heavy atom. The fraction of sp³-hybridized carbons (Fsp3) is 0.400. The Balaban J connectivity index is 1.81. The van der Waals surface area contributed by atoms with Gasteiger partial charge in [-0.05, 0) is 25.0 Å². The zero-order valence-corrected chi connectivity index (χ0v) is 12.3. The number of nitrogens with zero attached hydrogens (tertiary/aromatic N) is 3. The number of hydrogen-bond donors (Lipinski definition) is 0. The molecule has 1 aliphatic heterocycles. The van der Waals surface area contributed by atoms with Crippen molar-refractivity contribution in [3.63, 3.8) is 0 Å². The van der Waals surface area contributed by atoms with Crippen LogP contribution in [0, 0.1) is 0 Å². The maximum atomic E-state index is 12.4. The van der Waals surface area contributed by atoms with Gasteiger partial charge in [-0.2, -0.15) is 0 Å². The van der Waals surface area contributed by atoms with Crippen molar-refractivity contribution in [2.75, 3.05) is 13.1 Å². The van der Waals surface area contributed by atoms with E-state index < -0.39 is 0 Å². The molecular weight excluding hydrogens is 290 g/mol. The van der Waals surface area contributed by atoms with Crippen molar-refractivity contribution >= 4 is 17.5 Å². The Morgan fingerprint density at radius 1 is 1.10 bits per heavy atom. The SMILES string of the molecule is O=C(c1nnc(-c2ccccc2Cl)o1)N1CCCCCC1. The molecule has 0 bridgehead atoms. The summed E-state index contributed by atoms with van der Waals surface area (Å²) in [5.74, 6) is 0.119. The number of hydrogen-bond acceptors (Lipinski definition) is 4. The van der Waals surface area contributed by atoms with Crippen molar-refractivity contribution in [3.8, 4) is 11.5 Å². The summed E-state index contributed by atoms with van der Waals surface area (Å²) in [6, 6.07) is 7.20. The molecule has 6 heteroatoms. The molecule has 1 amide bonds. The summed E-state index contributed by atoms with van der Waals surface area (Å²) >= 11 is 6.09. The molecule has 0 N–H and O–H groups in total. The van der Waals surface area contributed by atoms with Crippen molar-refractivity contribution < 1.29 is 9.21 Å². The Bertz CT molecular complexity index is 633. The van der Waals surface area contributed by atoms with Gasteiger partial charge in [-0.1, -0.05) is 36.6 Å². The molecule has 21 heavy (non-hydrogen) atoms. The van der Waals surface area contributed by atoms with Crippen molar-refractivity contribution in [3.05, 3.63) is 35.2 Å². The minimum absolute atomic E-state index is 0.0341. The third kappa shape index (κ3) is 3.08. The average Bonchev–Trinajstić information content (AvgIpc) is 2.82. The quantitative estimate of drug-likeness (QED) is 0.853.